The zero-order chi connectivity index (χ0) is 17.9. The number of nitrogens with one attached hydrogen (secondary N) is 1. The van der Waals surface area contributed by atoms with Gasteiger partial charge >= 0.3 is 0 Å². The molecule has 1 N–H and O–H groups in total. The van der Waals surface area contributed by atoms with E-state index < -0.39 is 0 Å². The fourth-order valence-corrected chi connectivity index (χ4v) is 2.89. The molecule has 3 heterocycles. The lowest BCUT2D eigenvalue weighted by atomic mass is 10.1. The molecule has 0 unspecified atom stereocenters. The molecule has 4 rings (SSSR count). The van der Waals surface area contributed by atoms with E-state index in [2.05, 4.69) is 20.5 Å². The van der Waals surface area contributed by atoms with Gasteiger partial charge in [-0.2, -0.15) is 0 Å². The Morgan fingerprint density at radius 2 is 1.96 bits per heavy atom. The molecule has 6 nitrogen and oxygen atoms in total. The SMILES string of the molecule is COc1cccc(F)c1CNc1ccc(-c2ccncc2)c2nncn12. The molecule has 0 aliphatic carbocycles. The molecule has 130 valence electrons. The Kier molecular flexibility index (Phi) is 4.18. The zero-order valence-electron chi connectivity index (χ0n) is 14.1. The summed E-state index contributed by atoms with van der Waals surface area (Å²) in [4.78, 5) is 4.04. The summed E-state index contributed by atoms with van der Waals surface area (Å²) in [7, 11) is 1.53. The third kappa shape index (κ3) is 2.83. The van der Waals surface area contributed by atoms with Crippen LogP contribution in [0.3, 0.4) is 0 Å². The minimum atomic E-state index is -0.315. The predicted molar refractivity (Wildman–Crippen MR) is 96.5 cm³/mol. The second-order valence-corrected chi connectivity index (χ2v) is 5.67. The molecule has 0 spiro atoms. The first-order chi connectivity index (χ1) is 12.8. The highest BCUT2D eigenvalue weighted by atomic mass is 19.1. The first kappa shape index (κ1) is 16.0. The smallest absolute Gasteiger partial charge is 0.170 e. The molecule has 1 aromatic carbocycles. The Morgan fingerprint density at radius 3 is 2.77 bits per heavy atom. The molecule has 0 aliphatic rings. The second kappa shape index (κ2) is 6.79. The highest BCUT2D eigenvalue weighted by molar-refractivity contribution is 5.78. The summed E-state index contributed by atoms with van der Waals surface area (Å²) in [5, 5.41) is 11.5. The number of halogens is 1. The van der Waals surface area contributed by atoms with Crippen molar-refractivity contribution in [1.82, 2.24) is 19.6 Å². The third-order valence-corrected chi connectivity index (χ3v) is 4.19. The van der Waals surface area contributed by atoms with E-state index in [0.29, 0.717) is 17.0 Å². The third-order valence-electron chi connectivity index (χ3n) is 4.19. The van der Waals surface area contributed by atoms with E-state index in [9.17, 15) is 4.39 Å². The Bertz CT molecular complexity index is 1050. The standard InChI is InChI=1S/C19H16FN5O/c1-26-17-4-2-3-16(20)15(17)11-22-18-6-5-14(13-7-9-21-10-8-13)19-24-23-12-25(18)19/h2-10,12,22H,11H2,1H3. The average molecular weight is 349 g/mol. The molecule has 7 heteroatoms. The van der Waals surface area contributed by atoms with Gasteiger partial charge in [0.2, 0.25) is 0 Å². The van der Waals surface area contributed by atoms with Crippen molar-refractivity contribution in [2.24, 2.45) is 0 Å². The van der Waals surface area contributed by atoms with Crippen LogP contribution in [-0.4, -0.2) is 26.7 Å². The number of benzene rings is 1. The van der Waals surface area contributed by atoms with Gasteiger partial charge in [0, 0.05) is 30.1 Å². The van der Waals surface area contributed by atoms with Gasteiger partial charge in [0.15, 0.2) is 5.65 Å². The molecule has 0 fully saturated rings. The molecule has 4 aromatic rings. The maximum absolute atomic E-state index is 14.1. The lowest BCUT2D eigenvalue weighted by Gasteiger charge is -2.13. The van der Waals surface area contributed by atoms with E-state index in [1.807, 2.05) is 28.7 Å². The van der Waals surface area contributed by atoms with Crippen LogP contribution in [-0.2, 0) is 6.54 Å². The van der Waals surface area contributed by atoms with Crippen LogP contribution >= 0.6 is 0 Å². The molecule has 0 bridgehead atoms. The van der Waals surface area contributed by atoms with Crippen LogP contribution in [0.25, 0.3) is 16.8 Å². The monoisotopic (exact) mass is 349 g/mol. The topological polar surface area (TPSA) is 64.3 Å². The van der Waals surface area contributed by atoms with Gasteiger partial charge < -0.3 is 10.1 Å². The molecule has 0 radical (unpaired) electrons. The Hall–Kier alpha value is -3.48. The van der Waals surface area contributed by atoms with Gasteiger partial charge in [0.25, 0.3) is 0 Å². The number of ether oxygens (including phenoxy) is 1. The first-order valence-corrected chi connectivity index (χ1v) is 8.06. The van der Waals surface area contributed by atoms with Crippen molar-refractivity contribution in [2.75, 3.05) is 12.4 Å². The van der Waals surface area contributed by atoms with E-state index >= 15 is 0 Å². The summed E-state index contributed by atoms with van der Waals surface area (Å²) in [6.45, 7) is 0.276. The number of fused-ring (bicyclic) bond motifs is 1. The number of nitrogens with zero attached hydrogens (tertiary/aromatic N) is 4. The van der Waals surface area contributed by atoms with E-state index in [-0.39, 0.29) is 12.4 Å². The maximum Gasteiger partial charge on any atom is 0.170 e. The van der Waals surface area contributed by atoms with Crippen molar-refractivity contribution in [1.29, 1.82) is 0 Å². The van der Waals surface area contributed by atoms with Gasteiger partial charge in [-0.05, 0) is 42.0 Å². The van der Waals surface area contributed by atoms with Gasteiger partial charge in [-0.1, -0.05) is 6.07 Å². The molecular formula is C19H16FN5O. The number of anilines is 1. The van der Waals surface area contributed by atoms with Crippen LogP contribution in [0.1, 0.15) is 5.56 Å². The van der Waals surface area contributed by atoms with Crippen LogP contribution in [0.15, 0.2) is 61.2 Å². The fraction of sp³-hybridized carbons (Fsp3) is 0.105. The number of pyridine rings is 2. The average Bonchev–Trinajstić information content (AvgIpc) is 3.17. The summed E-state index contributed by atoms with van der Waals surface area (Å²) in [6.07, 6.45) is 5.10. The molecule has 0 aliphatic heterocycles. The molecule has 3 aromatic heterocycles. The number of rotatable bonds is 5. The van der Waals surface area contributed by atoms with E-state index in [4.69, 9.17) is 4.74 Å². The largest absolute Gasteiger partial charge is 0.496 e. The lowest BCUT2D eigenvalue weighted by Crippen LogP contribution is -2.07. The van der Waals surface area contributed by atoms with E-state index in [0.717, 1.165) is 16.9 Å². The maximum atomic E-state index is 14.1. The van der Waals surface area contributed by atoms with Gasteiger partial charge in [-0.3, -0.25) is 9.38 Å². The van der Waals surface area contributed by atoms with Gasteiger partial charge in [-0.15, -0.1) is 10.2 Å². The summed E-state index contributed by atoms with van der Waals surface area (Å²) in [5.74, 6) is 0.948. The van der Waals surface area contributed by atoms with Crippen molar-refractivity contribution in [3.05, 3.63) is 72.6 Å². The minimum absolute atomic E-state index is 0.276. The summed E-state index contributed by atoms with van der Waals surface area (Å²) >= 11 is 0. The van der Waals surface area contributed by atoms with Gasteiger partial charge in [-0.25, -0.2) is 4.39 Å². The fourth-order valence-electron chi connectivity index (χ4n) is 2.89. The van der Waals surface area contributed by atoms with Crippen molar-refractivity contribution in [2.45, 2.75) is 6.54 Å². The van der Waals surface area contributed by atoms with Gasteiger partial charge in [0.05, 0.1) is 7.11 Å². The minimum Gasteiger partial charge on any atom is -0.496 e. The summed E-state index contributed by atoms with van der Waals surface area (Å²) in [5.41, 5.74) is 3.12. The molecule has 0 saturated heterocycles. The quantitative estimate of drug-likeness (QED) is 0.597. The van der Waals surface area contributed by atoms with Crippen molar-refractivity contribution < 1.29 is 9.13 Å². The second-order valence-electron chi connectivity index (χ2n) is 5.67. The highest BCUT2D eigenvalue weighted by Gasteiger charge is 2.12. The Balaban J connectivity index is 1.68. The van der Waals surface area contributed by atoms with Crippen molar-refractivity contribution in [3.8, 4) is 16.9 Å². The van der Waals surface area contributed by atoms with E-state index in [1.165, 1.54) is 13.2 Å². The highest BCUT2D eigenvalue weighted by Crippen LogP contribution is 2.27. The number of hydrogen-bond donors (Lipinski definition) is 1. The summed E-state index contributed by atoms with van der Waals surface area (Å²) < 4.78 is 21.2. The van der Waals surface area contributed by atoms with Crippen LogP contribution in [0.5, 0.6) is 5.75 Å². The number of hydrogen-bond acceptors (Lipinski definition) is 5. The zero-order valence-corrected chi connectivity index (χ0v) is 14.1. The predicted octanol–water partition coefficient (Wildman–Crippen LogP) is 3.55. The number of methoxy groups -OCH3 is 1. The van der Waals surface area contributed by atoms with Crippen LogP contribution in [0.4, 0.5) is 10.2 Å². The van der Waals surface area contributed by atoms with Crippen molar-refractivity contribution in [3.63, 3.8) is 0 Å². The molecule has 0 saturated carbocycles. The first-order valence-electron chi connectivity index (χ1n) is 8.06. The molecular weight excluding hydrogens is 333 g/mol. The molecule has 0 atom stereocenters. The summed E-state index contributed by atoms with van der Waals surface area (Å²) in [6, 6.07) is 12.5. The normalized spacial score (nSPS) is 10.8. The van der Waals surface area contributed by atoms with Crippen molar-refractivity contribution >= 4 is 11.5 Å². The Morgan fingerprint density at radius 1 is 1.12 bits per heavy atom. The number of aromatic nitrogens is 4. The molecule has 26 heavy (non-hydrogen) atoms. The molecule has 0 amide bonds. The van der Waals surface area contributed by atoms with E-state index in [1.54, 1.807) is 30.9 Å². The Labute approximate surface area is 149 Å². The lowest BCUT2D eigenvalue weighted by molar-refractivity contribution is 0.405. The van der Waals surface area contributed by atoms with Crippen LogP contribution in [0.2, 0.25) is 0 Å². The van der Waals surface area contributed by atoms with Crippen LogP contribution < -0.4 is 10.1 Å². The van der Waals surface area contributed by atoms with Crippen LogP contribution in [0, 0.1) is 5.82 Å². The van der Waals surface area contributed by atoms with Gasteiger partial charge in [0.1, 0.15) is 23.7 Å².